The van der Waals surface area contributed by atoms with E-state index in [2.05, 4.69) is 25.8 Å². The van der Waals surface area contributed by atoms with Gasteiger partial charge in [0.25, 0.3) is 0 Å². The maximum Gasteiger partial charge on any atom is 0.416 e. The molecule has 0 atom stereocenters. The third-order valence-electron chi connectivity index (χ3n) is 3.79. The van der Waals surface area contributed by atoms with Crippen molar-refractivity contribution >= 4 is 29.9 Å². The Bertz CT molecular complexity index is 775. The Kier molecular flexibility index (Phi) is 9.62. The fraction of sp³-hybridized carbons (Fsp3) is 0.471. The number of hydrogen-bond donors (Lipinski definition) is 2. The van der Waals surface area contributed by atoms with E-state index < -0.39 is 17.6 Å². The van der Waals surface area contributed by atoms with Gasteiger partial charge in [-0.3, -0.25) is 0 Å². The van der Waals surface area contributed by atoms with Crippen molar-refractivity contribution in [3.63, 3.8) is 0 Å². The van der Waals surface area contributed by atoms with Crippen molar-refractivity contribution in [3.8, 4) is 0 Å². The molecule has 2 N–H and O–H groups in total. The van der Waals surface area contributed by atoms with Crippen LogP contribution < -0.4 is 10.6 Å². The van der Waals surface area contributed by atoms with Crippen molar-refractivity contribution < 1.29 is 17.6 Å². The van der Waals surface area contributed by atoms with Gasteiger partial charge in [-0.2, -0.15) is 13.2 Å². The number of aryl methyl sites for hydroxylation is 1. The highest BCUT2D eigenvalue weighted by Crippen LogP contribution is 2.32. The van der Waals surface area contributed by atoms with E-state index in [4.69, 9.17) is 0 Å². The topological polar surface area (TPSA) is 67.1 Å². The van der Waals surface area contributed by atoms with Crippen molar-refractivity contribution in [2.75, 3.05) is 13.1 Å². The van der Waals surface area contributed by atoms with Gasteiger partial charge in [0.2, 0.25) is 0 Å². The van der Waals surface area contributed by atoms with E-state index >= 15 is 0 Å². The molecule has 2 rings (SSSR count). The average molecular weight is 514 g/mol. The maximum atomic E-state index is 13.2. The normalized spacial score (nSPS) is 11.9. The SMILES string of the molecule is CCNC(=NCc1ccc(F)cc1C(F)(F)F)NCCn1cnnc1CC.I. The maximum absolute atomic E-state index is 13.2. The van der Waals surface area contributed by atoms with Gasteiger partial charge in [0.15, 0.2) is 5.96 Å². The van der Waals surface area contributed by atoms with Crippen LogP contribution >= 0.6 is 24.0 Å². The van der Waals surface area contributed by atoms with Crippen molar-refractivity contribution in [1.29, 1.82) is 0 Å². The van der Waals surface area contributed by atoms with Crippen LogP contribution in [0.2, 0.25) is 0 Å². The molecule has 0 radical (unpaired) electrons. The molecule has 0 aliphatic rings. The Morgan fingerprint density at radius 1 is 1.21 bits per heavy atom. The van der Waals surface area contributed by atoms with Crippen molar-refractivity contribution in [2.45, 2.75) is 39.5 Å². The molecule has 0 bridgehead atoms. The number of nitrogens with one attached hydrogen (secondary N) is 2. The van der Waals surface area contributed by atoms with Gasteiger partial charge in [-0.1, -0.05) is 13.0 Å². The first-order valence-electron chi connectivity index (χ1n) is 8.59. The molecule has 28 heavy (non-hydrogen) atoms. The zero-order chi connectivity index (χ0) is 19.9. The number of benzene rings is 1. The quantitative estimate of drug-likeness (QED) is 0.258. The number of nitrogens with zero attached hydrogens (tertiary/aromatic N) is 4. The molecule has 1 aromatic carbocycles. The van der Waals surface area contributed by atoms with E-state index in [0.29, 0.717) is 31.7 Å². The van der Waals surface area contributed by atoms with Crippen LogP contribution in [-0.4, -0.2) is 33.8 Å². The van der Waals surface area contributed by atoms with Crippen molar-refractivity contribution in [2.24, 2.45) is 4.99 Å². The minimum atomic E-state index is -4.64. The van der Waals surface area contributed by atoms with Gasteiger partial charge >= 0.3 is 6.18 Å². The Morgan fingerprint density at radius 2 is 1.96 bits per heavy atom. The lowest BCUT2D eigenvalue weighted by molar-refractivity contribution is -0.138. The summed E-state index contributed by atoms with van der Waals surface area (Å²) in [5.41, 5.74) is -1.10. The molecule has 11 heteroatoms. The number of halogens is 5. The fourth-order valence-electron chi connectivity index (χ4n) is 2.49. The van der Waals surface area contributed by atoms with Crippen LogP contribution in [0.25, 0.3) is 0 Å². The van der Waals surface area contributed by atoms with E-state index in [1.54, 1.807) is 6.33 Å². The van der Waals surface area contributed by atoms with Crippen LogP contribution in [-0.2, 0) is 25.7 Å². The second kappa shape index (κ2) is 11.2. The number of rotatable bonds is 7. The molecular formula is C17H23F4IN6. The van der Waals surface area contributed by atoms with E-state index in [1.165, 1.54) is 0 Å². The summed E-state index contributed by atoms with van der Waals surface area (Å²) >= 11 is 0. The molecule has 0 saturated heterocycles. The zero-order valence-electron chi connectivity index (χ0n) is 15.6. The molecule has 0 aliphatic carbocycles. The highest BCUT2D eigenvalue weighted by Gasteiger charge is 2.33. The predicted octanol–water partition coefficient (Wildman–Crippen LogP) is 3.37. The molecule has 1 aromatic heterocycles. The molecule has 1 heterocycles. The third-order valence-corrected chi connectivity index (χ3v) is 3.79. The van der Waals surface area contributed by atoms with Crippen molar-refractivity contribution in [1.82, 2.24) is 25.4 Å². The first-order valence-corrected chi connectivity index (χ1v) is 8.59. The van der Waals surface area contributed by atoms with Gasteiger partial charge in [-0.05, 0) is 24.6 Å². The van der Waals surface area contributed by atoms with Gasteiger partial charge in [0.1, 0.15) is 18.0 Å². The fourth-order valence-corrected chi connectivity index (χ4v) is 2.49. The Hall–Kier alpha value is -1.92. The summed E-state index contributed by atoms with van der Waals surface area (Å²) in [6.07, 6.45) is -2.26. The van der Waals surface area contributed by atoms with Gasteiger partial charge in [0, 0.05) is 26.1 Å². The molecule has 0 unspecified atom stereocenters. The first-order chi connectivity index (χ1) is 12.8. The molecule has 0 amide bonds. The molecular weight excluding hydrogens is 491 g/mol. The smallest absolute Gasteiger partial charge is 0.357 e. The summed E-state index contributed by atoms with van der Waals surface area (Å²) in [4.78, 5) is 4.18. The lowest BCUT2D eigenvalue weighted by Gasteiger charge is -2.14. The highest BCUT2D eigenvalue weighted by molar-refractivity contribution is 14.0. The van der Waals surface area contributed by atoms with Crippen LogP contribution in [0.5, 0.6) is 0 Å². The molecule has 0 aliphatic heterocycles. The number of aromatic nitrogens is 3. The number of guanidine groups is 1. The standard InChI is InChI=1S/C17H22F4N6.HI/c1-3-15-26-25-11-27(15)8-7-23-16(22-4-2)24-10-12-5-6-13(18)9-14(12)17(19,20)21;/h5-6,9,11H,3-4,7-8,10H2,1-2H3,(H2,22,23,24);1H. The van der Waals surface area contributed by atoms with Gasteiger partial charge in [-0.25, -0.2) is 9.38 Å². The van der Waals surface area contributed by atoms with Crippen LogP contribution in [0.3, 0.4) is 0 Å². The summed E-state index contributed by atoms with van der Waals surface area (Å²) in [6, 6.07) is 2.60. The zero-order valence-corrected chi connectivity index (χ0v) is 17.9. The summed E-state index contributed by atoms with van der Waals surface area (Å²) in [5.74, 6) is 0.293. The number of hydrogen-bond acceptors (Lipinski definition) is 3. The highest BCUT2D eigenvalue weighted by atomic mass is 127. The van der Waals surface area contributed by atoms with Crippen LogP contribution in [0.1, 0.15) is 30.8 Å². The molecule has 0 spiro atoms. The molecule has 0 saturated carbocycles. The van der Waals surface area contributed by atoms with E-state index in [1.807, 2.05) is 18.4 Å². The predicted molar refractivity (Wildman–Crippen MR) is 109 cm³/mol. The third kappa shape index (κ3) is 6.91. The van der Waals surface area contributed by atoms with E-state index in [0.717, 1.165) is 24.4 Å². The van der Waals surface area contributed by atoms with Crippen LogP contribution in [0.15, 0.2) is 29.5 Å². The largest absolute Gasteiger partial charge is 0.416 e. The van der Waals surface area contributed by atoms with Gasteiger partial charge in [-0.15, -0.1) is 34.2 Å². The van der Waals surface area contributed by atoms with Crippen LogP contribution in [0, 0.1) is 5.82 Å². The summed E-state index contributed by atoms with van der Waals surface area (Å²) in [6.45, 7) is 5.23. The minimum absolute atomic E-state index is 0. The average Bonchev–Trinajstić information content (AvgIpc) is 3.07. The lowest BCUT2D eigenvalue weighted by Crippen LogP contribution is -2.39. The monoisotopic (exact) mass is 514 g/mol. The Morgan fingerprint density at radius 3 is 2.61 bits per heavy atom. The second-order valence-corrected chi connectivity index (χ2v) is 5.72. The molecule has 6 nitrogen and oxygen atoms in total. The van der Waals surface area contributed by atoms with E-state index in [-0.39, 0.29) is 36.1 Å². The summed E-state index contributed by atoms with van der Waals surface area (Å²) in [7, 11) is 0. The molecule has 156 valence electrons. The van der Waals surface area contributed by atoms with Gasteiger partial charge < -0.3 is 15.2 Å². The minimum Gasteiger partial charge on any atom is -0.357 e. The Balaban J connectivity index is 0.00000392. The second-order valence-electron chi connectivity index (χ2n) is 5.72. The summed E-state index contributed by atoms with van der Waals surface area (Å²) in [5, 5.41) is 13.9. The molecule has 0 fully saturated rings. The van der Waals surface area contributed by atoms with Crippen LogP contribution in [0.4, 0.5) is 17.6 Å². The van der Waals surface area contributed by atoms with E-state index in [9.17, 15) is 17.6 Å². The van der Waals surface area contributed by atoms with Gasteiger partial charge in [0.05, 0.1) is 12.1 Å². The Labute approximate surface area is 177 Å². The lowest BCUT2D eigenvalue weighted by atomic mass is 10.1. The number of aliphatic imine (C=N–C) groups is 1. The molecule has 2 aromatic rings. The summed E-state index contributed by atoms with van der Waals surface area (Å²) < 4.78 is 54.3. The number of alkyl halides is 3. The first kappa shape index (κ1) is 24.1. The van der Waals surface area contributed by atoms with Crippen molar-refractivity contribution in [3.05, 3.63) is 47.3 Å².